The van der Waals surface area contributed by atoms with E-state index in [0.29, 0.717) is 17.5 Å². The van der Waals surface area contributed by atoms with Crippen LogP contribution < -0.4 is 4.74 Å². The summed E-state index contributed by atoms with van der Waals surface area (Å²) in [7, 11) is 0. The van der Waals surface area contributed by atoms with E-state index >= 15 is 0 Å². The maximum absolute atomic E-state index is 12.8. The molecule has 2 aromatic rings. The molecule has 0 unspecified atom stereocenters. The highest BCUT2D eigenvalue weighted by Gasteiger charge is 2.03. The average molecular weight is 208 g/mol. The fraction of sp³-hybridized carbons (Fsp3) is 0.200. The summed E-state index contributed by atoms with van der Waals surface area (Å²) in [5.41, 5.74) is 0. The average Bonchev–Trinajstić information content (AvgIpc) is 2.62. The van der Waals surface area contributed by atoms with Gasteiger partial charge in [-0.2, -0.15) is 0 Å². The van der Waals surface area contributed by atoms with Crippen molar-refractivity contribution >= 4 is 0 Å². The van der Waals surface area contributed by atoms with Gasteiger partial charge in [0.1, 0.15) is 11.6 Å². The van der Waals surface area contributed by atoms with Crippen molar-refractivity contribution in [3.8, 4) is 5.75 Å². The van der Waals surface area contributed by atoms with Crippen LogP contribution in [-0.4, -0.2) is 10.2 Å². The van der Waals surface area contributed by atoms with Gasteiger partial charge < -0.3 is 9.15 Å². The molecule has 1 heterocycles. The van der Waals surface area contributed by atoms with Gasteiger partial charge in [0, 0.05) is 13.0 Å². The highest BCUT2D eigenvalue weighted by Crippen LogP contribution is 2.13. The van der Waals surface area contributed by atoms with Gasteiger partial charge in [0.15, 0.2) is 6.61 Å². The first-order valence-electron chi connectivity index (χ1n) is 4.41. The SMILES string of the molecule is Cc1nnc(COc2cccc(F)c2)o1. The molecule has 5 heteroatoms. The summed E-state index contributed by atoms with van der Waals surface area (Å²) < 4.78 is 23.1. The Morgan fingerprint density at radius 1 is 1.40 bits per heavy atom. The Labute approximate surface area is 85.7 Å². The third-order valence-corrected chi connectivity index (χ3v) is 1.73. The molecular formula is C10H9FN2O2. The van der Waals surface area contributed by atoms with E-state index in [4.69, 9.17) is 9.15 Å². The number of hydrogen-bond acceptors (Lipinski definition) is 4. The summed E-state index contributed by atoms with van der Waals surface area (Å²) in [6.45, 7) is 1.84. The topological polar surface area (TPSA) is 48.2 Å². The van der Waals surface area contributed by atoms with E-state index in [1.54, 1.807) is 19.1 Å². The Bertz CT molecular complexity index is 456. The number of aryl methyl sites for hydroxylation is 1. The standard InChI is InChI=1S/C10H9FN2O2/c1-7-12-13-10(15-7)6-14-9-4-2-3-8(11)5-9/h2-5H,6H2,1H3. The summed E-state index contributed by atoms with van der Waals surface area (Å²) in [6, 6.07) is 5.88. The fourth-order valence-electron chi connectivity index (χ4n) is 1.10. The first-order valence-corrected chi connectivity index (χ1v) is 4.41. The Kier molecular flexibility index (Phi) is 2.62. The first-order chi connectivity index (χ1) is 7.24. The van der Waals surface area contributed by atoms with Gasteiger partial charge in [0.25, 0.3) is 5.89 Å². The number of ether oxygens (including phenoxy) is 1. The molecule has 0 N–H and O–H groups in total. The van der Waals surface area contributed by atoms with Crippen molar-refractivity contribution in [3.05, 3.63) is 41.9 Å². The molecule has 1 aromatic heterocycles. The van der Waals surface area contributed by atoms with E-state index in [0.717, 1.165) is 0 Å². The van der Waals surface area contributed by atoms with Crippen molar-refractivity contribution in [1.29, 1.82) is 0 Å². The normalized spacial score (nSPS) is 10.3. The van der Waals surface area contributed by atoms with Crippen molar-refractivity contribution < 1.29 is 13.5 Å². The fourth-order valence-corrected chi connectivity index (χ4v) is 1.10. The molecule has 0 spiro atoms. The third kappa shape index (κ3) is 2.52. The number of hydrogen-bond donors (Lipinski definition) is 0. The number of aromatic nitrogens is 2. The van der Waals surface area contributed by atoms with Crippen LogP contribution in [0.5, 0.6) is 5.75 Å². The number of rotatable bonds is 3. The van der Waals surface area contributed by atoms with Crippen LogP contribution in [0.25, 0.3) is 0 Å². The second-order valence-corrected chi connectivity index (χ2v) is 2.96. The van der Waals surface area contributed by atoms with Gasteiger partial charge in [-0.1, -0.05) is 6.07 Å². The summed E-state index contributed by atoms with van der Waals surface area (Å²) >= 11 is 0. The molecule has 0 aliphatic carbocycles. The lowest BCUT2D eigenvalue weighted by Crippen LogP contribution is -1.95. The minimum absolute atomic E-state index is 0.143. The monoisotopic (exact) mass is 208 g/mol. The Balaban J connectivity index is 1.99. The van der Waals surface area contributed by atoms with Gasteiger partial charge in [0.2, 0.25) is 5.89 Å². The molecule has 1 aromatic carbocycles. The summed E-state index contributed by atoms with van der Waals surface area (Å²) in [5.74, 6) is 0.949. The van der Waals surface area contributed by atoms with Crippen molar-refractivity contribution in [3.63, 3.8) is 0 Å². The van der Waals surface area contributed by atoms with Gasteiger partial charge in [-0.25, -0.2) is 4.39 Å². The molecular weight excluding hydrogens is 199 g/mol. The van der Waals surface area contributed by atoms with Crippen LogP contribution in [0.15, 0.2) is 28.7 Å². The van der Waals surface area contributed by atoms with Crippen LogP contribution in [0.2, 0.25) is 0 Å². The van der Waals surface area contributed by atoms with Crippen LogP contribution in [0.4, 0.5) is 4.39 Å². The molecule has 0 amide bonds. The van der Waals surface area contributed by atoms with Gasteiger partial charge in [-0.15, -0.1) is 10.2 Å². The van der Waals surface area contributed by atoms with Crippen LogP contribution in [0, 0.1) is 12.7 Å². The van der Waals surface area contributed by atoms with E-state index in [9.17, 15) is 4.39 Å². The smallest absolute Gasteiger partial charge is 0.253 e. The van der Waals surface area contributed by atoms with Crippen LogP contribution in [0.1, 0.15) is 11.8 Å². The molecule has 15 heavy (non-hydrogen) atoms. The number of nitrogens with zero attached hydrogens (tertiary/aromatic N) is 2. The lowest BCUT2D eigenvalue weighted by atomic mass is 10.3. The molecule has 2 rings (SSSR count). The summed E-state index contributed by atoms with van der Waals surface area (Å²) in [6.07, 6.45) is 0. The summed E-state index contributed by atoms with van der Waals surface area (Å²) in [5, 5.41) is 7.39. The Morgan fingerprint density at radius 3 is 2.93 bits per heavy atom. The van der Waals surface area contributed by atoms with Gasteiger partial charge in [-0.3, -0.25) is 0 Å². The van der Waals surface area contributed by atoms with Gasteiger partial charge in [0.05, 0.1) is 0 Å². The minimum Gasteiger partial charge on any atom is -0.484 e. The first kappa shape index (κ1) is 9.64. The van der Waals surface area contributed by atoms with Crippen molar-refractivity contribution in [2.24, 2.45) is 0 Å². The predicted octanol–water partition coefficient (Wildman–Crippen LogP) is 2.10. The van der Waals surface area contributed by atoms with E-state index < -0.39 is 0 Å². The van der Waals surface area contributed by atoms with E-state index in [2.05, 4.69) is 10.2 Å². The second kappa shape index (κ2) is 4.08. The molecule has 4 nitrogen and oxygen atoms in total. The van der Waals surface area contributed by atoms with Crippen LogP contribution in [-0.2, 0) is 6.61 Å². The zero-order valence-electron chi connectivity index (χ0n) is 8.11. The lowest BCUT2D eigenvalue weighted by molar-refractivity contribution is 0.259. The van der Waals surface area contributed by atoms with Crippen LogP contribution >= 0.6 is 0 Å². The molecule has 0 bridgehead atoms. The zero-order chi connectivity index (χ0) is 10.7. The molecule has 0 fully saturated rings. The second-order valence-electron chi connectivity index (χ2n) is 2.96. The van der Waals surface area contributed by atoms with Crippen LogP contribution in [0.3, 0.4) is 0 Å². The minimum atomic E-state index is -0.339. The molecule has 0 saturated carbocycles. The Morgan fingerprint density at radius 2 is 2.27 bits per heavy atom. The van der Waals surface area contributed by atoms with Crippen molar-refractivity contribution in [2.75, 3.05) is 0 Å². The number of halogens is 1. The molecule has 0 radical (unpaired) electrons. The van der Waals surface area contributed by atoms with Gasteiger partial charge in [-0.05, 0) is 12.1 Å². The third-order valence-electron chi connectivity index (χ3n) is 1.73. The maximum atomic E-state index is 12.8. The molecule has 0 atom stereocenters. The number of benzene rings is 1. The molecule has 0 saturated heterocycles. The van der Waals surface area contributed by atoms with Crippen molar-refractivity contribution in [2.45, 2.75) is 13.5 Å². The largest absolute Gasteiger partial charge is 0.484 e. The van der Waals surface area contributed by atoms with E-state index in [1.807, 2.05) is 0 Å². The highest BCUT2D eigenvalue weighted by atomic mass is 19.1. The van der Waals surface area contributed by atoms with E-state index in [1.165, 1.54) is 12.1 Å². The summed E-state index contributed by atoms with van der Waals surface area (Å²) in [4.78, 5) is 0. The maximum Gasteiger partial charge on any atom is 0.253 e. The van der Waals surface area contributed by atoms with Gasteiger partial charge >= 0.3 is 0 Å². The highest BCUT2D eigenvalue weighted by molar-refractivity contribution is 5.22. The lowest BCUT2D eigenvalue weighted by Gasteiger charge is -2.02. The zero-order valence-corrected chi connectivity index (χ0v) is 8.11. The predicted molar refractivity (Wildman–Crippen MR) is 49.8 cm³/mol. The van der Waals surface area contributed by atoms with Crippen molar-refractivity contribution in [1.82, 2.24) is 10.2 Å². The molecule has 0 aliphatic heterocycles. The molecule has 78 valence electrons. The van der Waals surface area contributed by atoms with E-state index in [-0.39, 0.29) is 12.4 Å². The molecule has 0 aliphatic rings. The quantitative estimate of drug-likeness (QED) is 0.774. The Hall–Kier alpha value is -1.91.